The van der Waals surface area contributed by atoms with E-state index in [9.17, 15) is 9.59 Å². The first kappa shape index (κ1) is 23.6. The second kappa shape index (κ2) is 12.1. The zero-order chi connectivity index (χ0) is 21.9. The Morgan fingerprint density at radius 2 is 1.73 bits per heavy atom. The van der Waals surface area contributed by atoms with Crippen LogP contribution in [0.15, 0.2) is 48.5 Å². The molecule has 0 aliphatic rings. The predicted octanol–water partition coefficient (Wildman–Crippen LogP) is 3.49. The maximum Gasteiger partial charge on any atom is 0.242 e. The van der Waals surface area contributed by atoms with Crippen molar-refractivity contribution in [3.8, 4) is 11.5 Å². The minimum absolute atomic E-state index is 0.0632. The molecule has 2 amide bonds. The van der Waals surface area contributed by atoms with Crippen molar-refractivity contribution >= 4 is 23.6 Å². The summed E-state index contributed by atoms with van der Waals surface area (Å²) in [7, 11) is 4.84. The Morgan fingerprint density at radius 1 is 1.03 bits per heavy atom. The Balaban J connectivity index is 2.09. The lowest BCUT2D eigenvalue weighted by Crippen LogP contribution is -2.48. The van der Waals surface area contributed by atoms with Gasteiger partial charge in [-0.2, -0.15) is 0 Å². The number of rotatable bonds is 11. The maximum absolute atomic E-state index is 13.1. The summed E-state index contributed by atoms with van der Waals surface area (Å²) in [6, 6.07) is 14.8. The SMILES string of the molecule is CCC(C(=O)NC)N(Cc1cccc(OC)c1)C(=O)CSCc1ccc(OC)cc1. The van der Waals surface area contributed by atoms with Crippen molar-refractivity contribution in [3.63, 3.8) is 0 Å². The fourth-order valence-electron chi connectivity index (χ4n) is 3.11. The Hall–Kier alpha value is -2.67. The van der Waals surface area contributed by atoms with Gasteiger partial charge in [-0.1, -0.05) is 31.2 Å². The fourth-order valence-corrected chi connectivity index (χ4v) is 3.99. The van der Waals surface area contributed by atoms with Crippen LogP contribution in [0.25, 0.3) is 0 Å². The Labute approximate surface area is 182 Å². The molecule has 0 saturated carbocycles. The third-order valence-electron chi connectivity index (χ3n) is 4.77. The summed E-state index contributed by atoms with van der Waals surface area (Å²) in [5.41, 5.74) is 2.04. The van der Waals surface area contributed by atoms with Crippen LogP contribution in [0.5, 0.6) is 11.5 Å². The van der Waals surface area contributed by atoms with Crippen LogP contribution in [0.1, 0.15) is 24.5 Å². The molecular formula is C23H30N2O4S. The van der Waals surface area contributed by atoms with E-state index in [1.54, 1.807) is 26.2 Å². The molecule has 0 aliphatic carbocycles. The lowest BCUT2D eigenvalue weighted by molar-refractivity contribution is -0.139. The molecule has 0 fully saturated rings. The van der Waals surface area contributed by atoms with Crippen LogP contribution in [-0.2, 0) is 21.9 Å². The van der Waals surface area contributed by atoms with Crippen LogP contribution in [0.4, 0.5) is 0 Å². The van der Waals surface area contributed by atoms with Crippen molar-refractivity contribution in [2.75, 3.05) is 27.0 Å². The smallest absolute Gasteiger partial charge is 0.242 e. The molecule has 7 heteroatoms. The van der Waals surface area contributed by atoms with Gasteiger partial charge in [0, 0.05) is 19.3 Å². The minimum Gasteiger partial charge on any atom is -0.497 e. The lowest BCUT2D eigenvalue weighted by Gasteiger charge is -2.30. The Morgan fingerprint density at radius 3 is 2.33 bits per heavy atom. The molecule has 0 aromatic heterocycles. The molecule has 2 aromatic carbocycles. The first-order valence-corrected chi connectivity index (χ1v) is 11.0. The van der Waals surface area contributed by atoms with Gasteiger partial charge in [-0.3, -0.25) is 9.59 Å². The Kier molecular flexibility index (Phi) is 9.54. The number of nitrogens with one attached hydrogen (secondary N) is 1. The molecule has 30 heavy (non-hydrogen) atoms. The number of hydrogen-bond donors (Lipinski definition) is 1. The molecule has 6 nitrogen and oxygen atoms in total. The van der Waals surface area contributed by atoms with E-state index in [-0.39, 0.29) is 11.8 Å². The summed E-state index contributed by atoms with van der Waals surface area (Å²) >= 11 is 1.53. The van der Waals surface area contributed by atoms with Gasteiger partial charge in [0.25, 0.3) is 0 Å². The Bertz CT molecular complexity index is 826. The normalized spacial score (nSPS) is 11.5. The molecule has 0 radical (unpaired) electrons. The van der Waals surface area contributed by atoms with Crippen molar-refractivity contribution < 1.29 is 19.1 Å². The van der Waals surface area contributed by atoms with Gasteiger partial charge < -0.3 is 19.7 Å². The van der Waals surface area contributed by atoms with Crippen molar-refractivity contribution in [2.45, 2.75) is 31.7 Å². The number of ether oxygens (including phenoxy) is 2. The standard InChI is InChI=1S/C23H30N2O4S/c1-5-21(23(27)24-2)25(14-18-7-6-8-20(13-18)29-4)22(26)16-30-15-17-9-11-19(28-3)12-10-17/h6-13,21H,5,14-16H2,1-4H3,(H,24,27). The topological polar surface area (TPSA) is 67.9 Å². The summed E-state index contributed by atoms with van der Waals surface area (Å²) in [6.07, 6.45) is 0.540. The summed E-state index contributed by atoms with van der Waals surface area (Å²) in [6.45, 7) is 2.27. The molecule has 0 saturated heterocycles. The summed E-state index contributed by atoms with van der Waals surface area (Å²) in [4.78, 5) is 27.2. The van der Waals surface area contributed by atoms with E-state index in [2.05, 4.69) is 5.32 Å². The molecule has 2 rings (SSSR count). The van der Waals surface area contributed by atoms with Gasteiger partial charge >= 0.3 is 0 Å². The molecule has 1 unspecified atom stereocenters. The van der Waals surface area contributed by atoms with Gasteiger partial charge in [0.1, 0.15) is 17.5 Å². The van der Waals surface area contributed by atoms with E-state index >= 15 is 0 Å². The lowest BCUT2D eigenvalue weighted by atomic mass is 10.1. The van der Waals surface area contributed by atoms with Crippen LogP contribution in [0.2, 0.25) is 0 Å². The molecule has 0 heterocycles. The second-order valence-corrected chi connectivity index (χ2v) is 7.74. The molecule has 0 aliphatic heterocycles. The third-order valence-corrected chi connectivity index (χ3v) is 5.76. The molecule has 2 aromatic rings. The maximum atomic E-state index is 13.1. The van der Waals surface area contributed by atoms with Gasteiger partial charge in [0.15, 0.2) is 0 Å². The number of hydrogen-bond acceptors (Lipinski definition) is 5. The monoisotopic (exact) mass is 430 g/mol. The van der Waals surface area contributed by atoms with Crippen LogP contribution in [0.3, 0.4) is 0 Å². The van der Waals surface area contributed by atoms with Crippen LogP contribution < -0.4 is 14.8 Å². The number of benzene rings is 2. The van der Waals surface area contributed by atoms with E-state index in [1.165, 1.54) is 11.8 Å². The highest BCUT2D eigenvalue weighted by Crippen LogP contribution is 2.20. The predicted molar refractivity (Wildman–Crippen MR) is 121 cm³/mol. The van der Waals surface area contributed by atoms with Crippen LogP contribution in [-0.4, -0.2) is 49.8 Å². The molecule has 1 N–H and O–H groups in total. The van der Waals surface area contributed by atoms with Crippen LogP contribution >= 0.6 is 11.8 Å². The van der Waals surface area contributed by atoms with Crippen molar-refractivity contribution in [3.05, 3.63) is 59.7 Å². The van der Waals surface area contributed by atoms with Crippen molar-refractivity contribution in [2.24, 2.45) is 0 Å². The summed E-state index contributed by atoms with van der Waals surface area (Å²) < 4.78 is 10.5. The average Bonchev–Trinajstić information content (AvgIpc) is 2.79. The minimum atomic E-state index is -0.518. The highest BCUT2D eigenvalue weighted by atomic mass is 32.2. The summed E-state index contributed by atoms with van der Waals surface area (Å²) in [5.74, 6) is 2.31. The van der Waals surface area contributed by atoms with E-state index in [4.69, 9.17) is 9.47 Å². The fraction of sp³-hybridized carbons (Fsp3) is 0.391. The van der Waals surface area contributed by atoms with Gasteiger partial charge in [0.05, 0.1) is 20.0 Å². The number of likely N-dealkylation sites (N-methyl/N-ethyl adjacent to an activating group) is 1. The van der Waals surface area contributed by atoms with E-state index in [1.807, 2.05) is 55.5 Å². The zero-order valence-electron chi connectivity index (χ0n) is 18.0. The zero-order valence-corrected chi connectivity index (χ0v) is 18.8. The van der Waals surface area contributed by atoms with Crippen molar-refractivity contribution in [1.82, 2.24) is 10.2 Å². The molecule has 1 atom stereocenters. The van der Waals surface area contributed by atoms with Gasteiger partial charge in [-0.25, -0.2) is 0 Å². The molecule has 0 spiro atoms. The quantitative estimate of drug-likeness (QED) is 0.591. The molecule has 162 valence electrons. The molecular weight excluding hydrogens is 400 g/mol. The molecule has 0 bridgehead atoms. The number of methoxy groups -OCH3 is 2. The first-order chi connectivity index (χ1) is 14.5. The number of carbonyl (C=O) groups is 2. The van der Waals surface area contributed by atoms with Gasteiger partial charge in [-0.05, 0) is 41.8 Å². The van der Waals surface area contributed by atoms with Crippen LogP contribution in [0, 0.1) is 0 Å². The number of carbonyl (C=O) groups excluding carboxylic acids is 2. The van der Waals surface area contributed by atoms with Gasteiger partial charge in [0.2, 0.25) is 11.8 Å². The number of nitrogens with zero attached hydrogens (tertiary/aromatic N) is 1. The van der Waals surface area contributed by atoms with Gasteiger partial charge in [-0.15, -0.1) is 11.8 Å². The first-order valence-electron chi connectivity index (χ1n) is 9.87. The summed E-state index contributed by atoms with van der Waals surface area (Å²) in [5, 5.41) is 2.68. The van der Waals surface area contributed by atoms with E-state index < -0.39 is 6.04 Å². The number of amides is 2. The second-order valence-electron chi connectivity index (χ2n) is 6.75. The van der Waals surface area contributed by atoms with E-state index in [0.717, 1.165) is 22.6 Å². The van der Waals surface area contributed by atoms with Crippen molar-refractivity contribution in [1.29, 1.82) is 0 Å². The highest BCUT2D eigenvalue weighted by molar-refractivity contribution is 7.99. The van der Waals surface area contributed by atoms with E-state index in [0.29, 0.717) is 24.5 Å². The third kappa shape index (κ3) is 6.69. The largest absolute Gasteiger partial charge is 0.497 e. The highest BCUT2D eigenvalue weighted by Gasteiger charge is 2.27. The average molecular weight is 431 g/mol. The number of thioether (sulfide) groups is 1.